The fraction of sp³-hybridized carbons (Fsp3) is 0.348. The zero-order valence-corrected chi connectivity index (χ0v) is 16.4. The number of hydrogen-bond donors (Lipinski definition) is 0. The van der Waals surface area contributed by atoms with E-state index in [1.54, 1.807) is 12.1 Å². The van der Waals surface area contributed by atoms with Gasteiger partial charge in [-0.1, -0.05) is 30.3 Å². The molecule has 1 aliphatic rings. The number of hydrogen-bond acceptors (Lipinski definition) is 3. The molecule has 1 saturated heterocycles. The van der Waals surface area contributed by atoms with Gasteiger partial charge in [0, 0.05) is 31.9 Å². The minimum Gasteiger partial charge on any atom is -0.367 e. The second-order valence-corrected chi connectivity index (χ2v) is 7.41. The highest BCUT2D eigenvalue weighted by Gasteiger charge is 2.19. The van der Waals surface area contributed by atoms with E-state index in [2.05, 4.69) is 37.8 Å². The van der Waals surface area contributed by atoms with Crippen molar-refractivity contribution in [3.05, 3.63) is 77.9 Å². The van der Waals surface area contributed by atoms with E-state index >= 15 is 0 Å². The van der Waals surface area contributed by atoms with E-state index in [4.69, 9.17) is 0 Å². The monoisotopic (exact) mass is 378 g/mol. The van der Waals surface area contributed by atoms with Gasteiger partial charge in [0.25, 0.3) is 0 Å². The summed E-state index contributed by atoms with van der Waals surface area (Å²) in [5, 5.41) is 4.66. The Balaban J connectivity index is 1.30. The SMILES string of the molecule is Cc1cc(CCCN2CCN(c3ccccc3F)CC2)n(-c2ccccc2)n1. The quantitative estimate of drug-likeness (QED) is 0.646. The second kappa shape index (κ2) is 8.57. The Labute approximate surface area is 166 Å². The molecule has 0 N–H and O–H groups in total. The molecule has 28 heavy (non-hydrogen) atoms. The van der Waals surface area contributed by atoms with E-state index in [9.17, 15) is 4.39 Å². The molecule has 1 fully saturated rings. The smallest absolute Gasteiger partial charge is 0.146 e. The molecular weight excluding hydrogens is 351 g/mol. The van der Waals surface area contributed by atoms with Crippen molar-refractivity contribution in [2.75, 3.05) is 37.6 Å². The van der Waals surface area contributed by atoms with E-state index in [0.717, 1.165) is 62.6 Å². The molecule has 0 saturated carbocycles. The maximum atomic E-state index is 14.0. The lowest BCUT2D eigenvalue weighted by Gasteiger charge is -2.36. The van der Waals surface area contributed by atoms with Crippen LogP contribution in [0.15, 0.2) is 60.7 Å². The molecular formula is C23H27FN4. The lowest BCUT2D eigenvalue weighted by Crippen LogP contribution is -2.47. The average Bonchev–Trinajstić information content (AvgIpc) is 3.10. The third-order valence-corrected chi connectivity index (χ3v) is 5.38. The molecule has 0 unspecified atom stereocenters. The van der Waals surface area contributed by atoms with Gasteiger partial charge in [0.05, 0.1) is 17.1 Å². The van der Waals surface area contributed by atoms with Gasteiger partial charge in [0.1, 0.15) is 5.82 Å². The van der Waals surface area contributed by atoms with Crippen LogP contribution in [-0.4, -0.2) is 47.4 Å². The normalized spacial score (nSPS) is 15.1. The van der Waals surface area contributed by atoms with Crippen LogP contribution in [0.3, 0.4) is 0 Å². The van der Waals surface area contributed by atoms with E-state index < -0.39 is 0 Å². The van der Waals surface area contributed by atoms with Crippen molar-refractivity contribution in [3.8, 4) is 5.69 Å². The van der Waals surface area contributed by atoms with Crippen LogP contribution in [0.2, 0.25) is 0 Å². The van der Waals surface area contributed by atoms with Gasteiger partial charge in [-0.2, -0.15) is 5.10 Å². The van der Waals surface area contributed by atoms with Gasteiger partial charge >= 0.3 is 0 Å². The largest absolute Gasteiger partial charge is 0.367 e. The zero-order chi connectivity index (χ0) is 19.3. The topological polar surface area (TPSA) is 24.3 Å². The van der Waals surface area contributed by atoms with Gasteiger partial charge in [-0.25, -0.2) is 9.07 Å². The predicted molar refractivity (Wildman–Crippen MR) is 112 cm³/mol. The van der Waals surface area contributed by atoms with Gasteiger partial charge in [-0.3, -0.25) is 4.90 Å². The highest BCUT2D eigenvalue weighted by atomic mass is 19.1. The van der Waals surface area contributed by atoms with Crippen molar-refractivity contribution in [1.29, 1.82) is 0 Å². The highest BCUT2D eigenvalue weighted by molar-refractivity contribution is 5.48. The molecule has 3 aromatic rings. The minimum atomic E-state index is -0.125. The lowest BCUT2D eigenvalue weighted by atomic mass is 10.2. The summed E-state index contributed by atoms with van der Waals surface area (Å²) in [6, 6.07) is 19.6. The Bertz CT molecular complexity index is 898. The Morgan fingerprint density at radius 3 is 2.39 bits per heavy atom. The number of piperazine rings is 1. The standard InChI is InChI=1S/C23H27FN4/c1-19-18-21(28(25-19)20-8-3-2-4-9-20)10-7-13-26-14-16-27(17-15-26)23-12-6-5-11-22(23)24/h2-6,8-9,11-12,18H,7,10,13-17H2,1H3. The third-order valence-electron chi connectivity index (χ3n) is 5.38. The number of rotatable bonds is 6. The van der Waals surface area contributed by atoms with Crippen LogP contribution in [0.4, 0.5) is 10.1 Å². The maximum Gasteiger partial charge on any atom is 0.146 e. The summed E-state index contributed by atoms with van der Waals surface area (Å²) in [7, 11) is 0. The first-order valence-electron chi connectivity index (χ1n) is 10.0. The maximum absolute atomic E-state index is 14.0. The molecule has 0 radical (unpaired) electrons. The average molecular weight is 378 g/mol. The fourth-order valence-corrected chi connectivity index (χ4v) is 3.93. The number of aryl methyl sites for hydroxylation is 2. The van der Waals surface area contributed by atoms with E-state index in [-0.39, 0.29) is 5.82 Å². The molecule has 2 heterocycles. The van der Waals surface area contributed by atoms with Crippen molar-refractivity contribution in [3.63, 3.8) is 0 Å². The Hall–Kier alpha value is -2.66. The van der Waals surface area contributed by atoms with Crippen LogP contribution in [0.1, 0.15) is 17.8 Å². The fourth-order valence-electron chi connectivity index (χ4n) is 3.93. The first-order valence-corrected chi connectivity index (χ1v) is 10.0. The van der Waals surface area contributed by atoms with Gasteiger partial charge in [0.15, 0.2) is 0 Å². The van der Waals surface area contributed by atoms with Gasteiger partial charge < -0.3 is 4.90 Å². The first-order chi connectivity index (χ1) is 13.7. The van der Waals surface area contributed by atoms with E-state index in [1.807, 2.05) is 37.3 Å². The molecule has 2 aromatic carbocycles. The number of halogens is 1. The van der Waals surface area contributed by atoms with Gasteiger partial charge in [-0.15, -0.1) is 0 Å². The van der Waals surface area contributed by atoms with Crippen LogP contribution >= 0.6 is 0 Å². The molecule has 0 bridgehead atoms. The van der Waals surface area contributed by atoms with Crippen LogP contribution in [0.5, 0.6) is 0 Å². The molecule has 0 atom stereocenters. The number of benzene rings is 2. The molecule has 1 aliphatic heterocycles. The van der Waals surface area contributed by atoms with Crippen molar-refractivity contribution in [1.82, 2.24) is 14.7 Å². The Morgan fingerprint density at radius 1 is 0.929 bits per heavy atom. The van der Waals surface area contributed by atoms with Crippen LogP contribution in [0.25, 0.3) is 5.69 Å². The summed E-state index contributed by atoms with van der Waals surface area (Å²) in [6.45, 7) is 6.82. The summed E-state index contributed by atoms with van der Waals surface area (Å²) in [5.74, 6) is -0.125. The van der Waals surface area contributed by atoms with Crippen LogP contribution < -0.4 is 4.90 Å². The molecule has 0 spiro atoms. The number of anilines is 1. The minimum absolute atomic E-state index is 0.125. The van der Waals surface area contributed by atoms with Crippen molar-refractivity contribution in [2.45, 2.75) is 19.8 Å². The lowest BCUT2D eigenvalue weighted by molar-refractivity contribution is 0.254. The summed E-state index contributed by atoms with van der Waals surface area (Å²) in [5.41, 5.74) is 4.15. The van der Waals surface area contributed by atoms with E-state index in [1.165, 1.54) is 5.69 Å². The molecule has 1 aromatic heterocycles. The van der Waals surface area contributed by atoms with Crippen LogP contribution in [-0.2, 0) is 6.42 Å². The highest BCUT2D eigenvalue weighted by Crippen LogP contribution is 2.20. The zero-order valence-electron chi connectivity index (χ0n) is 16.4. The Kier molecular flexibility index (Phi) is 5.72. The summed E-state index contributed by atoms with van der Waals surface area (Å²) >= 11 is 0. The Morgan fingerprint density at radius 2 is 1.64 bits per heavy atom. The first kappa shape index (κ1) is 18.7. The van der Waals surface area contributed by atoms with E-state index in [0.29, 0.717) is 0 Å². The number of nitrogens with zero attached hydrogens (tertiary/aromatic N) is 4. The number of para-hydroxylation sites is 2. The van der Waals surface area contributed by atoms with Crippen molar-refractivity contribution >= 4 is 5.69 Å². The molecule has 0 amide bonds. The van der Waals surface area contributed by atoms with Gasteiger partial charge in [-0.05, 0) is 56.6 Å². The van der Waals surface area contributed by atoms with Crippen LogP contribution in [0, 0.1) is 12.7 Å². The van der Waals surface area contributed by atoms with Crippen molar-refractivity contribution < 1.29 is 4.39 Å². The predicted octanol–water partition coefficient (Wildman–Crippen LogP) is 4.07. The summed E-state index contributed by atoms with van der Waals surface area (Å²) in [6.07, 6.45) is 2.10. The second-order valence-electron chi connectivity index (χ2n) is 7.41. The van der Waals surface area contributed by atoms with Crippen molar-refractivity contribution in [2.24, 2.45) is 0 Å². The third kappa shape index (κ3) is 4.25. The number of aromatic nitrogens is 2. The molecule has 4 rings (SSSR count). The molecule has 4 nitrogen and oxygen atoms in total. The molecule has 5 heteroatoms. The molecule has 146 valence electrons. The molecule has 0 aliphatic carbocycles. The summed E-state index contributed by atoms with van der Waals surface area (Å²) in [4.78, 5) is 4.63. The summed E-state index contributed by atoms with van der Waals surface area (Å²) < 4.78 is 16.0. The van der Waals surface area contributed by atoms with Gasteiger partial charge in [0.2, 0.25) is 0 Å².